The molecule has 0 bridgehead atoms. The summed E-state index contributed by atoms with van der Waals surface area (Å²) in [5, 5.41) is 8.94. The number of carbonyl (C=O) groups is 1. The highest BCUT2D eigenvalue weighted by Crippen LogP contribution is 2.12. The molecule has 0 saturated carbocycles. The van der Waals surface area contributed by atoms with Crippen molar-refractivity contribution >= 4 is 17.0 Å². The molecule has 2 aromatic rings. The van der Waals surface area contributed by atoms with Crippen molar-refractivity contribution in [1.82, 2.24) is 9.55 Å². The van der Waals surface area contributed by atoms with Crippen molar-refractivity contribution in [3.8, 4) is 0 Å². The lowest BCUT2D eigenvalue weighted by molar-refractivity contribution is -0.0558. The van der Waals surface area contributed by atoms with E-state index >= 15 is 0 Å². The maximum atomic E-state index is 11.9. The summed E-state index contributed by atoms with van der Waals surface area (Å²) in [6.07, 6.45) is 0.775. The van der Waals surface area contributed by atoms with Gasteiger partial charge in [-0.05, 0) is 31.2 Å². The Balaban J connectivity index is 1.95. The summed E-state index contributed by atoms with van der Waals surface area (Å²) < 4.78 is 12.0. The highest BCUT2D eigenvalue weighted by atomic mass is 16.7. The third-order valence-corrected chi connectivity index (χ3v) is 3.14. The fourth-order valence-electron chi connectivity index (χ4n) is 2.04. The number of nitrogens with one attached hydrogen (secondary N) is 1. The number of benzene rings is 1. The number of nitrogens with zero attached hydrogens (tertiary/aromatic N) is 1. The molecule has 1 aromatic heterocycles. The molecule has 0 aliphatic heterocycles. The van der Waals surface area contributed by atoms with Crippen molar-refractivity contribution in [2.75, 3.05) is 26.6 Å². The number of imidazole rings is 1. The van der Waals surface area contributed by atoms with Crippen LogP contribution in [0.2, 0.25) is 0 Å². The molecule has 0 aliphatic carbocycles. The Morgan fingerprint density at radius 2 is 2.09 bits per heavy atom. The van der Waals surface area contributed by atoms with Crippen LogP contribution in [-0.2, 0) is 16.0 Å². The zero-order valence-corrected chi connectivity index (χ0v) is 12.1. The summed E-state index contributed by atoms with van der Waals surface area (Å²) in [7, 11) is 0. The fraction of sp³-hybridized carbons (Fsp3) is 0.429. The van der Waals surface area contributed by atoms with Gasteiger partial charge in [-0.2, -0.15) is 0 Å². The summed E-state index contributed by atoms with van der Waals surface area (Å²) in [4.78, 5) is 25.4. The molecule has 0 aliphatic rings. The first-order chi connectivity index (χ1) is 10.6. The summed E-state index contributed by atoms with van der Waals surface area (Å²) >= 11 is 0. The van der Waals surface area contributed by atoms with Crippen LogP contribution in [0.25, 0.3) is 11.0 Å². The van der Waals surface area contributed by atoms with Gasteiger partial charge in [0.25, 0.3) is 0 Å². The average Bonchev–Trinajstić information content (AvgIpc) is 2.81. The van der Waals surface area contributed by atoms with Crippen LogP contribution in [0.5, 0.6) is 0 Å². The Morgan fingerprint density at radius 3 is 2.82 bits per heavy atom. The van der Waals surface area contributed by atoms with Gasteiger partial charge in [0.2, 0.25) is 0 Å². The largest absolute Gasteiger partial charge is 0.478 e. The van der Waals surface area contributed by atoms with Gasteiger partial charge >= 0.3 is 11.7 Å². The van der Waals surface area contributed by atoms with Crippen LogP contribution in [0.15, 0.2) is 23.0 Å². The molecule has 0 amide bonds. The predicted octanol–water partition coefficient (Wildman–Crippen LogP) is 0.367. The Labute approximate surface area is 126 Å². The number of hydrogen-bond acceptors (Lipinski definition) is 5. The van der Waals surface area contributed by atoms with Gasteiger partial charge in [-0.15, -0.1) is 0 Å². The van der Waals surface area contributed by atoms with Crippen molar-refractivity contribution < 1.29 is 19.4 Å². The van der Waals surface area contributed by atoms with Crippen molar-refractivity contribution in [1.29, 1.82) is 0 Å². The molecule has 4 N–H and O–H groups in total. The minimum atomic E-state index is -1.03. The fourth-order valence-corrected chi connectivity index (χ4v) is 2.04. The maximum Gasteiger partial charge on any atom is 0.335 e. The average molecular weight is 309 g/mol. The van der Waals surface area contributed by atoms with E-state index in [1.165, 1.54) is 16.7 Å². The van der Waals surface area contributed by atoms with Crippen LogP contribution in [0.3, 0.4) is 0 Å². The lowest BCUT2D eigenvalue weighted by Crippen LogP contribution is -2.20. The van der Waals surface area contributed by atoms with Gasteiger partial charge in [0.15, 0.2) is 0 Å². The Hall–Kier alpha value is -2.16. The molecule has 0 unspecified atom stereocenters. The smallest absolute Gasteiger partial charge is 0.335 e. The number of rotatable bonds is 9. The van der Waals surface area contributed by atoms with E-state index in [2.05, 4.69) is 4.98 Å². The molecule has 8 heteroatoms. The van der Waals surface area contributed by atoms with Crippen molar-refractivity contribution in [2.24, 2.45) is 5.73 Å². The number of carboxylic acids is 1. The van der Waals surface area contributed by atoms with Crippen LogP contribution in [0.4, 0.5) is 0 Å². The van der Waals surface area contributed by atoms with Crippen LogP contribution in [0.1, 0.15) is 16.8 Å². The van der Waals surface area contributed by atoms with Gasteiger partial charge < -0.3 is 25.3 Å². The normalized spacial score (nSPS) is 11.1. The standard InChI is InChI=1S/C14H19N3O5/c15-4-1-6-21-9-22-7-5-17-12-3-2-10(13(18)19)8-11(12)16-14(17)20/h2-3,8H,1,4-7,9,15H2,(H,16,20)(H,18,19). The number of carboxylic acid groups (broad SMARTS) is 1. The van der Waals surface area contributed by atoms with E-state index < -0.39 is 5.97 Å². The SMILES string of the molecule is NCCCOCOCCn1c(=O)[nH]c2cc(C(=O)O)ccc21. The zero-order chi connectivity index (χ0) is 15.9. The number of ether oxygens (including phenoxy) is 2. The first-order valence-corrected chi connectivity index (χ1v) is 6.95. The topological polar surface area (TPSA) is 120 Å². The second-order valence-corrected chi connectivity index (χ2v) is 4.70. The van der Waals surface area contributed by atoms with Crippen molar-refractivity contribution in [3.05, 3.63) is 34.2 Å². The second kappa shape index (κ2) is 7.74. The van der Waals surface area contributed by atoms with Crippen LogP contribution >= 0.6 is 0 Å². The molecule has 1 heterocycles. The Bertz CT molecular complexity index is 691. The molecule has 0 fully saturated rings. The quantitative estimate of drug-likeness (QED) is 0.454. The lowest BCUT2D eigenvalue weighted by atomic mass is 10.2. The first-order valence-electron chi connectivity index (χ1n) is 6.95. The van der Waals surface area contributed by atoms with E-state index in [0.29, 0.717) is 37.3 Å². The summed E-state index contributed by atoms with van der Waals surface area (Å²) in [5.41, 5.74) is 6.29. The number of H-pyrrole nitrogens is 1. The Morgan fingerprint density at radius 1 is 1.32 bits per heavy atom. The molecule has 0 radical (unpaired) electrons. The third kappa shape index (κ3) is 3.94. The van der Waals surface area contributed by atoms with Crippen molar-refractivity contribution in [3.63, 3.8) is 0 Å². The van der Waals surface area contributed by atoms with Gasteiger partial charge in [-0.1, -0.05) is 0 Å². The van der Waals surface area contributed by atoms with Gasteiger partial charge in [-0.3, -0.25) is 4.57 Å². The van der Waals surface area contributed by atoms with E-state index in [-0.39, 0.29) is 18.0 Å². The van der Waals surface area contributed by atoms with E-state index in [9.17, 15) is 9.59 Å². The van der Waals surface area contributed by atoms with Crippen LogP contribution < -0.4 is 11.4 Å². The lowest BCUT2D eigenvalue weighted by Gasteiger charge is -2.06. The summed E-state index contributed by atoms with van der Waals surface area (Å²) in [6.45, 7) is 1.94. The number of hydrogen-bond donors (Lipinski definition) is 3. The third-order valence-electron chi connectivity index (χ3n) is 3.14. The summed E-state index contributed by atoms with van der Waals surface area (Å²) in [5.74, 6) is -1.03. The van der Waals surface area contributed by atoms with Gasteiger partial charge in [0.1, 0.15) is 6.79 Å². The minimum absolute atomic E-state index is 0.130. The van der Waals surface area contributed by atoms with Crippen LogP contribution in [0, 0.1) is 0 Å². The van der Waals surface area contributed by atoms with E-state index in [0.717, 1.165) is 6.42 Å². The predicted molar refractivity (Wildman–Crippen MR) is 80.0 cm³/mol. The molecule has 0 saturated heterocycles. The minimum Gasteiger partial charge on any atom is -0.478 e. The second-order valence-electron chi connectivity index (χ2n) is 4.70. The van der Waals surface area contributed by atoms with E-state index in [1.807, 2.05) is 0 Å². The zero-order valence-electron chi connectivity index (χ0n) is 12.1. The Kier molecular flexibility index (Phi) is 5.70. The van der Waals surface area contributed by atoms with Crippen LogP contribution in [-0.4, -0.2) is 47.2 Å². The number of fused-ring (bicyclic) bond motifs is 1. The van der Waals surface area contributed by atoms with Gasteiger partial charge in [0.05, 0.1) is 36.4 Å². The molecular formula is C14H19N3O5. The first kappa shape index (κ1) is 16.2. The summed E-state index contributed by atoms with van der Waals surface area (Å²) in [6, 6.07) is 4.51. The number of aromatic carboxylic acids is 1. The monoisotopic (exact) mass is 309 g/mol. The van der Waals surface area contributed by atoms with E-state index in [1.54, 1.807) is 6.07 Å². The van der Waals surface area contributed by atoms with Crippen molar-refractivity contribution in [2.45, 2.75) is 13.0 Å². The van der Waals surface area contributed by atoms with Gasteiger partial charge in [-0.25, -0.2) is 9.59 Å². The van der Waals surface area contributed by atoms with Gasteiger partial charge in [0, 0.05) is 0 Å². The molecular weight excluding hydrogens is 290 g/mol. The molecule has 1 aromatic carbocycles. The number of aromatic amines is 1. The molecule has 120 valence electrons. The number of nitrogens with two attached hydrogens (primary N) is 1. The molecule has 22 heavy (non-hydrogen) atoms. The molecule has 2 rings (SSSR count). The number of aromatic nitrogens is 2. The molecule has 0 atom stereocenters. The maximum absolute atomic E-state index is 11.9. The molecule has 8 nitrogen and oxygen atoms in total. The highest BCUT2D eigenvalue weighted by molar-refractivity contribution is 5.92. The van der Waals surface area contributed by atoms with E-state index in [4.69, 9.17) is 20.3 Å². The highest BCUT2D eigenvalue weighted by Gasteiger charge is 2.09. The molecule has 0 spiro atoms.